The molecule has 1 aromatic carbocycles. The highest BCUT2D eigenvalue weighted by Crippen LogP contribution is 2.45. The van der Waals surface area contributed by atoms with Crippen molar-refractivity contribution in [3.8, 4) is 0 Å². The van der Waals surface area contributed by atoms with Gasteiger partial charge in [0, 0.05) is 18.1 Å². The van der Waals surface area contributed by atoms with Crippen molar-refractivity contribution in [2.45, 2.75) is 44.8 Å². The molecule has 3 nitrogen and oxygen atoms in total. The van der Waals surface area contributed by atoms with E-state index in [1.807, 2.05) is 4.90 Å². The molecule has 114 valence electrons. The normalized spacial score (nSPS) is 29.4. The molecule has 0 atom stereocenters. The monoisotopic (exact) mass is 311 g/mol. The van der Waals surface area contributed by atoms with Crippen molar-refractivity contribution >= 4 is 17.5 Å². The molecule has 3 rings (SSSR count). The van der Waals surface area contributed by atoms with Crippen LogP contribution in [-0.2, 0) is 11.3 Å². The third kappa shape index (κ3) is 2.79. The van der Waals surface area contributed by atoms with Gasteiger partial charge in [-0.15, -0.1) is 0 Å². The number of halogens is 2. The molecule has 1 spiro atoms. The maximum Gasteiger partial charge on any atom is 0.229 e. The molecule has 2 fully saturated rings. The molecule has 1 amide bonds. The van der Waals surface area contributed by atoms with Gasteiger partial charge in [0.25, 0.3) is 0 Å². The Bertz CT molecular complexity index is 555. The molecular weight excluding hydrogens is 293 g/mol. The second kappa shape index (κ2) is 5.58. The number of carbonyl (C=O) groups excluding carboxylic acids is 1. The third-order valence-electron chi connectivity index (χ3n) is 4.89. The van der Waals surface area contributed by atoms with Crippen molar-refractivity contribution in [1.29, 1.82) is 0 Å². The molecule has 5 heteroatoms. The standard InChI is InChI=1S/C16H19ClFNO2/c17-14-9-12(18)2-1-11(14)10-19-8-7-16(15(19)21)5-3-13(20)4-6-16/h1-2,9,13,20H,3-8,10H2. The van der Waals surface area contributed by atoms with E-state index in [4.69, 9.17) is 11.6 Å². The van der Waals surface area contributed by atoms with E-state index in [1.54, 1.807) is 6.07 Å². The van der Waals surface area contributed by atoms with Crippen molar-refractivity contribution < 1.29 is 14.3 Å². The van der Waals surface area contributed by atoms with Crippen LogP contribution in [0.3, 0.4) is 0 Å². The van der Waals surface area contributed by atoms with Crippen LogP contribution in [0.1, 0.15) is 37.7 Å². The van der Waals surface area contributed by atoms with Crippen LogP contribution in [0.25, 0.3) is 0 Å². The first-order valence-electron chi connectivity index (χ1n) is 7.42. The van der Waals surface area contributed by atoms with E-state index in [9.17, 15) is 14.3 Å². The number of benzene rings is 1. The van der Waals surface area contributed by atoms with Crippen LogP contribution in [0.2, 0.25) is 5.02 Å². The Morgan fingerprint density at radius 3 is 2.71 bits per heavy atom. The van der Waals surface area contributed by atoms with Crippen molar-refractivity contribution in [1.82, 2.24) is 4.90 Å². The zero-order valence-corrected chi connectivity index (χ0v) is 12.6. The average Bonchev–Trinajstić information content (AvgIpc) is 2.75. The zero-order valence-electron chi connectivity index (χ0n) is 11.8. The zero-order chi connectivity index (χ0) is 15.0. The van der Waals surface area contributed by atoms with E-state index < -0.39 is 0 Å². The first kappa shape index (κ1) is 14.8. The van der Waals surface area contributed by atoms with Gasteiger partial charge in [-0.2, -0.15) is 0 Å². The summed E-state index contributed by atoms with van der Waals surface area (Å²) in [5.41, 5.74) is 0.491. The minimum Gasteiger partial charge on any atom is -0.393 e. The second-order valence-electron chi connectivity index (χ2n) is 6.22. The predicted octanol–water partition coefficient (Wildman–Crippen LogP) is 3.13. The summed E-state index contributed by atoms with van der Waals surface area (Å²) >= 11 is 6.04. The van der Waals surface area contributed by atoms with Crippen molar-refractivity contribution in [2.24, 2.45) is 5.41 Å². The van der Waals surface area contributed by atoms with E-state index in [-0.39, 0.29) is 23.2 Å². The SMILES string of the molecule is O=C1N(Cc2ccc(F)cc2Cl)CCC12CCC(O)CC2. The number of hydrogen-bond donors (Lipinski definition) is 1. The van der Waals surface area contributed by atoms with Gasteiger partial charge in [-0.25, -0.2) is 4.39 Å². The summed E-state index contributed by atoms with van der Waals surface area (Å²) in [5.74, 6) is -0.205. The molecule has 1 N–H and O–H groups in total. The van der Waals surface area contributed by atoms with Gasteiger partial charge in [0.05, 0.1) is 11.5 Å². The molecule has 0 unspecified atom stereocenters. The van der Waals surface area contributed by atoms with Crippen LogP contribution in [0, 0.1) is 11.2 Å². The summed E-state index contributed by atoms with van der Waals surface area (Å²) in [6.45, 7) is 1.14. The lowest BCUT2D eigenvalue weighted by molar-refractivity contribution is -0.139. The van der Waals surface area contributed by atoms with Crippen LogP contribution >= 0.6 is 11.6 Å². The molecule has 1 aromatic rings. The topological polar surface area (TPSA) is 40.5 Å². The van der Waals surface area contributed by atoms with E-state index in [0.717, 1.165) is 24.8 Å². The van der Waals surface area contributed by atoms with Gasteiger partial charge in [0.15, 0.2) is 0 Å². The van der Waals surface area contributed by atoms with E-state index in [0.29, 0.717) is 31.0 Å². The minimum atomic E-state index is -0.366. The highest BCUT2D eigenvalue weighted by Gasteiger charge is 2.47. The quantitative estimate of drug-likeness (QED) is 0.911. The van der Waals surface area contributed by atoms with Crippen molar-refractivity contribution in [3.05, 3.63) is 34.6 Å². The molecule has 1 saturated heterocycles. The van der Waals surface area contributed by atoms with Gasteiger partial charge in [-0.05, 0) is 49.8 Å². The maximum atomic E-state index is 13.1. The Morgan fingerprint density at radius 1 is 1.33 bits per heavy atom. The Balaban J connectivity index is 1.72. The fraction of sp³-hybridized carbons (Fsp3) is 0.562. The maximum absolute atomic E-state index is 13.1. The molecule has 1 saturated carbocycles. The summed E-state index contributed by atoms with van der Waals surface area (Å²) in [6.07, 6.45) is 3.52. The number of aliphatic hydroxyl groups excluding tert-OH is 1. The molecule has 1 aliphatic carbocycles. The van der Waals surface area contributed by atoms with E-state index in [2.05, 4.69) is 0 Å². The molecule has 21 heavy (non-hydrogen) atoms. The molecule has 0 bridgehead atoms. The number of hydrogen-bond acceptors (Lipinski definition) is 2. The molecule has 1 aliphatic heterocycles. The van der Waals surface area contributed by atoms with Crippen LogP contribution in [0.4, 0.5) is 4.39 Å². The first-order valence-corrected chi connectivity index (χ1v) is 7.79. The average molecular weight is 312 g/mol. The molecule has 0 radical (unpaired) electrons. The molecule has 2 aliphatic rings. The molecule has 1 heterocycles. The number of likely N-dealkylation sites (tertiary alicyclic amines) is 1. The number of nitrogens with zero attached hydrogens (tertiary/aromatic N) is 1. The number of carbonyl (C=O) groups is 1. The largest absolute Gasteiger partial charge is 0.393 e. The Hall–Kier alpha value is -1.13. The lowest BCUT2D eigenvalue weighted by Crippen LogP contribution is -2.38. The first-order chi connectivity index (χ1) is 10.00. The van der Waals surface area contributed by atoms with Gasteiger partial charge in [-0.3, -0.25) is 4.79 Å². The Labute approximate surface area is 128 Å². The highest BCUT2D eigenvalue weighted by atomic mass is 35.5. The number of rotatable bonds is 2. The fourth-order valence-corrected chi connectivity index (χ4v) is 3.75. The lowest BCUT2D eigenvalue weighted by Gasteiger charge is -2.33. The number of aliphatic hydroxyl groups is 1. The lowest BCUT2D eigenvalue weighted by atomic mass is 9.72. The van der Waals surface area contributed by atoms with Crippen molar-refractivity contribution in [3.63, 3.8) is 0 Å². The fourth-order valence-electron chi connectivity index (χ4n) is 3.52. The summed E-state index contributed by atoms with van der Waals surface area (Å²) < 4.78 is 13.1. The summed E-state index contributed by atoms with van der Waals surface area (Å²) in [6, 6.07) is 4.29. The van der Waals surface area contributed by atoms with Gasteiger partial charge < -0.3 is 10.0 Å². The summed E-state index contributed by atoms with van der Waals surface area (Å²) in [7, 11) is 0. The Kier molecular flexibility index (Phi) is 3.93. The third-order valence-corrected chi connectivity index (χ3v) is 5.24. The smallest absolute Gasteiger partial charge is 0.229 e. The van der Waals surface area contributed by atoms with Crippen LogP contribution in [-0.4, -0.2) is 28.6 Å². The number of amides is 1. The van der Waals surface area contributed by atoms with Crippen LogP contribution in [0.5, 0.6) is 0 Å². The van der Waals surface area contributed by atoms with Gasteiger partial charge >= 0.3 is 0 Å². The van der Waals surface area contributed by atoms with Gasteiger partial charge in [0.1, 0.15) is 5.82 Å². The highest BCUT2D eigenvalue weighted by molar-refractivity contribution is 6.31. The second-order valence-corrected chi connectivity index (χ2v) is 6.63. The summed E-state index contributed by atoms with van der Waals surface area (Å²) in [5, 5.41) is 9.99. The van der Waals surface area contributed by atoms with Crippen LogP contribution < -0.4 is 0 Å². The van der Waals surface area contributed by atoms with Gasteiger partial charge in [0.2, 0.25) is 5.91 Å². The molecule has 0 aromatic heterocycles. The molecular formula is C16H19ClFNO2. The van der Waals surface area contributed by atoms with Crippen molar-refractivity contribution in [2.75, 3.05) is 6.54 Å². The predicted molar refractivity (Wildman–Crippen MR) is 78.4 cm³/mol. The summed E-state index contributed by atoms with van der Waals surface area (Å²) in [4.78, 5) is 14.5. The Morgan fingerprint density at radius 2 is 2.05 bits per heavy atom. The van der Waals surface area contributed by atoms with Crippen LogP contribution in [0.15, 0.2) is 18.2 Å². The van der Waals surface area contributed by atoms with Gasteiger partial charge in [-0.1, -0.05) is 17.7 Å². The van der Waals surface area contributed by atoms with E-state index >= 15 is 0 Å². The minimum absolute atomic E-state index is 0.162. The van der Waals surface area contributed by atoms with E-state index in [1.165, 1.54) is 12.1 Å².